The molecule has 22 heavy (non-hydrogen) atoms. The number of anilines is 2. The van der Waals surface area contributed by atoms with Crippen molar-refractivity contribution in [2.45, 2.75) is 13.0 Å². The third kappa shape index (κ3) is 2.99. The summed E-state index contributed by atoms with van der Waals surface area (Å²) in [5.41, 5.74) is 1.14. The number of halogens is 2. The van der Waals surface area contributed by atoms with Gasteiger partial charge in [-0.25, -0.2) is 9.18 Å². The van der Waals surface area contributed by atoms with E-state index in [1.807, 2.05) is 6.92 Å². The van der Waals surface area contributed by atoms with E-state index in [0.29, 0.717) is 28.7 Å². The van der Waals surface area contributed by atoms with Crippen LogP contribution in [0.15, 0.2) is 42.5 Å². The molecule has 1 aliphatic heterocycles. The molecule has 0 unspecified atom stereocenters. The molecule has 2 aromatic carbocycles. The highest BCUT2D eigenvalue weighted by atomic mass is 35.5. The topological polar surface area (TPSA) is 41.6 Å². The minimum Gasteiger partial charge on any atom is -0.487 e. The highest BCUT2D eigenvalue weighted by Gasteiger charge is 2.28. The minimum atomic E-state index is -0.352. The molecule has 6 heteroatoms. The molecule has 1 aliphatic rings. The van der Waals surface area contributed by atoms with Crippen LogP contribution in [0.5, 0.6) is 5.75 Å². The first-order chi connectivity index (χ1) is 10.5. The summed E-state index contributed by atoms with van der Waals surface area (Å²) in [6.07, 6.45) is -0.132. The van der Waals surface area contributed by atoms with E-state index < -0.39 is 0 Å². The average molecular weight is 321 g/mol. The zero-order valence-electron chi connectivity index (χ0n) is 11.8. The van der Waals surface area contributed by atoms with Crippen LogP contribution < -0.4 is 15.0 Å². The van der Waals surface area contributed by atoms with Crippen molar-refractivity contribution < 1.29 is 13.9 Å². The van der Waals surface area contributed by atoms with E-state index in [0.717, 1.165) is 0 Å². The van der Waals surface area contributed by atoms with Crippen LogP contribution >= 0.6 is 11.6 Å². The molecule has 2 aromatic rings. The van der Waals surface area contributed by atoms with Crippen molar-refractivity contribution in [1.82, 2.24) is 0 Å². The van der Waals surface area contributed by atoms with Crippen molar-refractivity contribution in [3.63, 3.8) is 0 Å². The second-order valence-electron chi connectivity index (χ2n) is 5.09. The summed E-state index contributed by atoms with van der Waals surface area (Å²) in [4.78, 5) is 14.1. The molecule has 0 fully saturated rings. The van der Waals surface area contributed by atoms with Crippen molar-refractivity contribution in [2.24, 2.45) is 0 Å². The molecule has 0 bridgehead atoms. The van der Waals surface area contributed by atoms with Crippen LogP contribution in [0.25, 0.3) is 0 Å². The summed E-state index contributed by atoms with van der Waals surface area (Å²) >= 11 is 6.01. The lowest BCUT2D eigenvalue weighted by Crippen LogP contribution is -2.44. The second kappa shape index (κ2) is 5.85. The Balaban J connectivity index is 1.86. The van der Waals surface area contributed by atoms with Crippen LogP contribution in [0, 0.1) is 5.82 Å². The fourth-order valence-corrected chi connectivity index (χ4v) is 2.49. The summed E-state index contributed by atoms with van der Waals surface area (Å²) in [7, 11) is 0. The van der Waals surface area contributed by atoms with Crippen molar-refractivity contribution in [2.75, 3.05) is 16.8 Å². The monoisotopic (exact) mass is 320 g/mol. The molecule has 2 amide bonds. The van der Waals surface area contributed by atoms with E-state index in [1.165, 1.54) is 24.3 Å². The van der Waals surface area contributed by atoms with Crippen molar-refractivity contribution >= 4 is 29.0 Å². The van der Waals surface area contributed by atoms with Gasteiger partial charge in [0.15, 0.2) is 0 Å². The van der Waals surface area contributed by atoms with E-state index >= 15 is 0 Å². The Labute approximate surface area is 132 Å². The Kier molecular flexibility index (Phi) is 3.90. The van der Waals surface area contributed by atoms with E-state index in [-0.39, 0.29) is 18.0 Å². The van der Waals surface area contributed by atoms with Gasteiger partial charge in [-0.2, -0.15) is 0 Å². The van der Waals surface area contributed by atoms with Gasteiger partial charge in [-0.05, 0) is 49.4 Å². The lowest BCUT2D eigenvalue weighted by atomic mass is 10.2. The Bertz CT molecular complexity index is 706. The van der Waals surface area contributed by atoms with Gasteiger partial charge in [0.05, 0.1) is 12.2 Å². The number of hydrogen-bond acceptors (Lipinski definition) is 2. The van der Waals surface area contributed by atoms with E-state index in [1.54, 1.807) is 23.1 Å². The first-order valence-electron chi connectivity index (χ1n) is 6.83. The average Bonchev–Trinajstić information content (AvgIpc) is 2.49. The largest absolute Gasteiger partial charge is 0.487 e. The van der Waals surface area contributed by atoms with Gasteiger partial charge >= 0.3 is 6.03 Å². The molecule has 0 aromatic heterocycles. The van der Waals surface area contributed by atoms with Crippen LogP contribution in [0.1, 0.15) is 6.92 Å². The summed E-state index contributed by atoms with van der Waals surface area (Å²) in [5.74, 6) is 0.257. The number of nitrogens with one attached hydrogen (secondary N) is 1. The lowest BCUT2D eigenvalue weighted by molar-refractivity contribution is 0.208. The van der Waals surface area contributed by atoms with Crippen molar-refractivity contribution in [1.29, 1.82) is 0 Å². The van der Waals surface area contributed by atoms with Crippen LogP contribution in [0.2, 0.25) is 5.02 Å². The standard InChI is InChI=1S/C16H14ClFN2O2/c1-10-9-20(14-8-11(17)2-7-15(14)22-10)16(21)19-13-5-3-12(18)4-6-13/h2-8,10H,9H2,1H3,(H,19,21)/t10-/m1/s1. The number of rotatable bonds is 1. The number of urea groups is 1. The third-order valence-corrected chi connectivity index (χ3v) is 3.56. The van der Waals surface area contributed by atoms with Crippen LogP contribution in [-0.4, -0.2) is 18.7 Å². The molecule has 4 nitrogen and oxygen atoms in total. The Hall–Kier alpha value is -2.27. The zero-order chi connectivity index (χ0) is 15.7. The zero-order valence-corrected chi connectivity index (χ0v) is 12.6. The molecule has 1 heterocycles. The van der Waals surface area contributed by atoms with E-state index in [2.05, 4.69) is 5.32 Å². The SMILES string of the molecule is C[C@@H]1CN(C(=O)Nc2ccc(F)cc2)c2cc(Cl)ccc2O1. The molecule has 1 N–H and O–H groups in total. The van der Waals surface area contributed by atoms with Gasteiger partial charge in [-0.3, -0.25) is 4.90 Å². The number of amides is 2. The maximum absolute atomic E-state index is 12.9. The van der Waals surface area contributed by atoms with Crippen molar-refractivity contribution in [3.05, 3.63) is 53.3 Å². The predicted octanol–water partition coefficient (Wildman–Crippen LogP) is 4.30. The summed E-state index contributed by atoms with van der Waals surface area (Å²) in [6, 6.07) is 10.4. The molecule has 0 saturated carbocycles. The van der Waals surface area contributed by atoms with Gasteiger partial charge in [0.1, 0.15) is 17.7 Å². The van der Waals surface area contributed by atoms with Crippen LogP contribution in [-0.2, 0) is 0 Å². The quantitative estimate of drug-likeness (QED) is 0.851. The molecule has 0 spiro atoms. The van der Waals surface area contributed by atoms with Crippen LogP contribution in [0.3, 0.4) is 0 Å². The Morgan fingerprint density at radius 1 is 1.32 bits per heavy atom. The number of carbonyl (C=O) groups is 1. The fourth-order valence-electron chi connectivity index (χ4n) is 2.33. The number of nitrogens with zero attached hydrogens (tertiary/aromatic N) is 1. The van der Waals surface area contributed by atoms with E-state index in [9.17, 15) is 9.18 Å². The van der Waals surface area contributed by atoms with Crippen LogP contribution in [0.4, 0.5) is 20.6 Å². The first-order valence-corrected chi connectivity index (χ1v) is 7.21. The van der Waals surface area contributed by atoms with Gasteiger partial charge in [0.25, 0.3) is 0 Å². The normalized spacial score (nSPS) is 16.7. The van der Waals surface area contributed by atoms with Gasteiger partial charge in [-0.1, -0.05) is 11.6 Å². The molecule has 0 aliphatic carbocycles. The highest BCUT2D eigenvalue weighted by molar-refractivity contribution is 6.31. The number of benzene rings is 2. The number of fused-ring (bicyclic) bond motifs is 1. The number of ether oxygens (including phenoxy) is 1. The highest BCUT2D eigenvalue weighted by Crippen LogP contribution is 2.35. The van der Waals surface area contributed by atoms with Gasteiger partial charge < -0.3 is 10.1 Å². The van der Waals surface area contributed by atoms with Gasteiger partial charge in [0.2, 0.25) is 0 Å². The van der Waals surface area contributed by atoms with Crippen molar-refractivity contribution in [3.8, 4) is 5.75 Å². The maximum atomic E-state index is 12.9. The minimum absolute atomic E-state index is 0.132. The molecule has 1 atom stereocenters. The summed E-state index contributed by atoms with van der Waals surface area (Å²) in [5, 5.41) is 3.27. The summed E-state index contributed by atoms with van der Waals surface area (Å²) < 4.78 is 18.6. The lowest BCUT2D eigenvalue weighted by Gasteiger charge is -2.33. The molecule has 0 saturated heterocycles. The molecular weight excluding hydrogens is 307 g/mol. The first kappa shape index (κ1) is 14.7. The van der Waals surface area contributed by atoms with Gasteiger partial charge in [0, 0.05) is 10.7 Å². The second-order valence-corrected chi connectivity index (χ2v) is 5.52. The van der Waals surface area contributed by atoms with E-state index in [4.69, 9.17) is 16.3 Å². The molecule has 3 rings (SSSR count). The Morgan fingerprint density at radius 2 is 2.05 bits per heavy atom. The number of carbonyl (C=O) groups excluding carboxylic acids is 1. The molecular formula is C16H14ClFN2O2. The third-order valence-electron chi connectivity index (χ3n) is 3.32. The molecule has 0 radical (unpaired) electrons. The van der Waals surface area contributed by atoms with Gasteiger partial charge in [-0.15, -0.1) is 0 Å². The smallest absolute Gasteiger partial charge is 0.326 e. The molecule has 114 valence electrons. The fraction of sp³-hybridized carbons (Fsp3) is 0.188. The summed E-state index contributed by atoms with van der Waals surface area (Å²) in [6.45, 7) is 2.29. The predicted molar refractivity (Wildman–Crippen MR) is 84.3 cm³/mol. The number of hydrogen-bond donors (Lipinski definition) is 1. The Morgan fingerprint density at radius 3 is 2.77 bits per heavy atom. The maximum Gasteiger partial charge on any atom is 0.326 e.